The molecule has 1 aliphatic heterocycles. The largest absolute Gasteiger partial charge is 0.460 e. The number of hydrogen-bond acceptors (Lipinski definition) is 9. The third-order valence-corrected chi connectivity index (χ3v) is 8.91. The number of amides is 1. The van der Waals surface area contributed by atoms with E-state index in [0.717, 1.165) is 40.8 Å². The lowest BCUT2D eigenvalue weighted by atomic mass is 10.0. The monoisotopic (exact) mass is 567 g/mol. The first-order valence-corrected chi connectivity index (χ1v) is 15.9. The summed E-state index contributed by atoms with van der Waals surface area (Å²) in [4.78, 5) is 46.8. The van der Waals surface area contributed by atoms with Crippen molar-refractivity contribution in [3.05, 3.63) is 28.2 Å². The normalized spacial score (nSPS) is 18.3. The van der Waals surface area contributed by atoms with Crippen molar-refractivity contribution < 1.29 is 19.1 Å². The van der Waals surface area contributed by atoms with E-state index in [4.69, 9.17) is 4.74 Å². The van der Waals surface area contributed by atoms with Gasteiger partial charge in [0.1, 0.15) is 28.9 Å². The van der Waals surface area contributed by atoms with Gasteiger partial charge in [0.2, 0.25) is 5.91 Å². The average Bonchev–Trinajstić information content (AvgIpc) is 3.47. The number of carbonyl (C=O) groups is 3. The van der Waals surface area contributed by atoms with Crippen molar-refractivity contribution >= 4 is 56.9 Å². The second kappa shape index (κ2) is 16.3. The smallest absolute Gasteiger partial charge is 0.329 e. The molecule has 0 aromatic carbocycles. The Labute approximate surface area is 234 Å². The fourth-order valence-corrected chi connectivity index (χ4v) is 6.17. The summed E-state index contributed by atoms with van der Waals surface area (Å²) in [5, 5.41) is 6.76. The first-order valence-electron chi connectivity index (χ1n) is 13.1. The zero-order valence-corrected chi connectivity index (χ0v) is 25.2. The van der Waals surface area contributed by atoms with Crippen molar-refractivity contribution in [3.8, 4) is 0 Å². The van der Waals surface area contributed by atoms with Gasteiger partial charge in [0, 0.05) is 23.3 Å². The highest BCUT2D eigenvalue weighted by molar-refractivity contribution is 8.14. The maximum atomic E-state index is 13.1. The van der Waals surface area contributed by atoms with E-state index in [1.54, 1.807) is 24.3 Å². The number of nitrogens with one attached hydrogen (secondary N) is 1. The Hall–Kier alpha value is -1.65. The molecule has 2 heterocycles. The van der Waals surface area contributed by atoms with E-state index < -0.39 is 17.6 Å². The number of hydrogen-bond donors (Lipinski definition) is 1. The van der Waals surface area contributed by atoms with Gasteiger partial charge in [-0.2, -0.15) is 0 Å². The molecular formula is C27H41N3O4S3. The molecule has 7 nitrogen and oxygen atoms in total. The van der Waals surface area contributed by atoms with E-state index in [-0.39, 0.29) is 23.5 Å². The highest BCUT2D eigenvalue weighted by atomic mass is 32.2. The molecule has 0 radical (unpaired) electrons. The Morgan fingerprint density at radius 2 is 1.97 bits per heavy atom. The molecular weight excluding hydrogens is 527 g/mol. The van der Waals surface area contributed by atoms with Gasteiger partial charge < -0.3 is 10.1 Å². The van der Waals surface area contributed by atoms with E-state index in [2.05, 4.69) is 22.2 Å². The summed E-state index contributed by atoms with van der Waals surface area (Å²) in [5.41, 5.74) is -0.170. The third-order valence-electron chi connectivity index (χ3n) is 5.89. The highest BCUT2D eigenvalue weighted by Gasteiger charge is 2.41. The predicted octanol–water partition coefficient (Wildman–Crippen LogP) is 5.95. The lowest BCUT2D eigenvalue weighted by molar-refractivity contribution is -0.148. The summed E-state index contributed by atoms with van der Waals surface area (Å²) in [6.07, 6.45) is 10.8. The van der Waals surface area contributed by atoms with E-state index >= 15 is 0 Å². The Morgan fingerprint density at radius 3 is 2.65 bits per heavy atom. The lowest BCUT2D eigenvalue weighted by Gasteiger charge is -2.25. The number of nitrogens with zero attached hydrogens (tertiary/aromatic N) is 2. The number of unbranched alkanes of at least 4 members (excludes halogenated alkanes) is 4. The number of rotatable bonds is 16. The molecule has 0 unspecified atom stereocenters. The zero-order chi connectivity index (χ0) is 27.3. The molecule has 0 spiro atoms. The lowest BCUT2D eigenvalue weighted by Crippen LogP contribution is -2.52. The van der Waals surface area contributed by atoms with Crippen LogP contribution in [0, 0.1) is 12.8 Å². The minimum absolute atomic E-state index is 0.132. The molecule has 0 saturated carbocycles. The Kier molecular flexibility index (Phi) is 13.9. The van der Waals surface area contributed by atoms with Crippen LogP contribution in [0.25, 0.3) is 0 Å². The van der Waals surface area contributed by atoms with Crippen LogP contribution in [-0.2, 0) is 19.1 Å². The van der Waals surface area contributed by atoms with Gasteiger partial charge in [0.15, 0.2) is 5.12 Å². The number of allylic oxidation sites excluding steroid dienone is 1. The quantitative estimate of drug-likeness (QED) is 0.150. The van der Waals surface area contributed by atoms with Gasteiger partial charge in [-0.05, 0) is 32.6 Å². The minimum atomic E-state index is -0.963. The van der Waals surface area contributed by atoms with Crippen LogP contribution in [-0.4, -0.2) is 56.7 Å². The van der Waals surface area contributed by atoms with Crippen LogP contribution in [0.2, 0.25) is 0 Å². The molecule has 0 saturated heterocycles. The predicted molar refractivity (Wildman–Crippen MR) is 157 cm³/mol. The molecule has 206 valence electrons. The molecule has 1 aromatic rings. The summed E-state index contributed by atoms with van der Waals surface area (Å²) in [6, 6.07) is -0.756. The minimum Gasteiger partial charge on any atom is -0.460 e. The molecule has 1 N–H and O–H groups in total. The first kappa shape index (κ1) is 31.6. The summed E-state index contributed by atoms with van der Waals surface area (Å²) in [7, 11) is 0. The number of thioether (sulfide) groups is 2. The molecule has 2 atom stereocenters. The van der Waals surface area contributed by atoms with E-state index in [1.807, 2.05) is 32.2 Å². The van der Waals surface area contributed by atoms with E-state index in [0.29, 0.717) is 12.2 Å². The topological polar surface area (TPSA) is 97.7 Å². The standard InChI is InChI=1S/C27H41N3O4S3/c1-6-7-8-9-11-14-22(31)35-16-13-10-12-15-34-25(32)23(19(2)3)29-26(33)27(5)18-37-24(30-27)21-17-36-20(4)28-21/h10,12,17,19,23H,6-9,11,13-16,18H2,1-5H3,(H,29,33)/b12-10+/t23-,27-/m0/s1. The second-order valence-corrected chi connectivity index (χ2v) is 12.9. The van der Waals surface area contributed by atoms with Crippen molar-refractivity contribution in [1.29, 1.82) is 0 Å². The van der Waals surface area contributed by atoms with Crippen LogP contribution in [0.3, 0.4) is 0 Å². The van der Waals surface area contributed by atoms with Gasteiger partial charge in [-0.1, -0.05) is 70.4 Å². The van der Waals surface area contributed by atoms with Crippen molar-refractivity contribution in [2.24, 2.45) is 10.9 Å². The Balaban J connectivity index is 1.72. The van der Waals surface area contributed by atoms with Gasteiger partial charge in [-0.25, -0.2) is 9.78 Å². The van der Waals surface area contributed by atoms with Crippen molar-refractivity contribution in [1.82, 2.24) is 10.3 Å². The van der Waals surface area contributed by atoms with E-state index in [1.165, 1.54) is 42.8 Å². The number of aromatic nitrogens is 1. The molecule has 10 heteroatoms. The fourth-order valence-electron chi connectivity index (χ4n) is 3.59. The first-order chi connectivity index (χ1) is 17.7. The number of aliphatic imine (C=N–C) groups is 1. The van der Waals surface area contributed by atoms with Crippen molar-refractivity contribution in [2.45, 2.75) is 91.1 Å². The maximum absolute atomic E-state index is 13.1. The molecule has 1 amide bonds. The molecule has 0 bridgehead atoms. The summed E-state index contributed by atoms with van der Waals surface area (Å²) >= 11 is 4.42. The van der Waals surface area contributed by atoms with Crippen molar-refractivity contribution in [2.75, 3.05) is 18.1 Å². The number of aryl methyl sites for hydroxylation is 1. The van der Waals surface area contributed by atoms with Gasteiger partial charge in [0.05, 0.1) is 5.01 Å². The molecule has 1 aromatic heterocycles. The van der Waals surface area contributed by atoms with Gasteiger partial charge in [-0.3, -0.25) is 14.6 Å². The van der Waals surface area contributed by atoms with Crippen LogP contribution in [0.15, 0.2) is 22.5 Å². The molecule has 1 aliphatic rings. The molecule has 37 heavy (non-hydrogen) atoms. The zero-order valence-electron chi connectivity index (χ0n) is 22.7. The van der Waals surface area contributed by atoms with Crippen LogP contribution >= 0.6 is 34.9 Å². The third kappa shape index (κ3) is 10.9. The number of esters is 1. The van der Waals surface area contributed by atoms with Gasteiger partial charge in [-0.15, -0.1) is 23.1 Å². The van der Waals surface area contributed by atoms with Crippen LogP contribution in [0.1, 0.15) is 83.3 Å². The SMILES string of the molecule is CCCCCCCC(=O)SCC/C=C/COC(=O)[C@@H](NC(=O)[C@]1(C)CSC(c2csc(C)n2)=N1)C(C)C. The summed E-state index contributed by atoms with van der Waals surface area (Å²) in [6.45, 7) is 9.78. The second-order valence-electron chi connectivity index (χ2n) is 9.70. The molecule has 0 aliphatic carbocycles. The molecule has 0 fully saturated rings. The van der Waals surface area contributed by atoms with Crippen LogP contribution in [0.5, 0.6) is 0 Å². The number of thiazole rings is 1. The Bertz CT molecular complexity index is 960. The number of ether oxygens (including phenoxy) is 1. The summed E-state index contributed by atoms with van der Waals surface area (Å²) in [5.74, 6) is 0.330. The molecule has 2 rings (SSSR count). The van der Waals surface area contributed by atoms with Crippen LogP contribution < -0.4 is 5.32 Å². The van der Waals surface area contributed by atoms with E-state index in [9.17, 15) is 14.4 Å². The number of carbonyl (C=O) groups excluding carboxylic acids is 3. The fraction of sp³-hybridized carbons (Fsp3) is 0.667. The van der Waals surface area contributed by atoms with Crippen molar-refractivity contribution in [3.63, 3.8) is 0 Å². The van der Waals surface area contributed by atoms with Crippen LogP contribution in [0.4, 0.5) is 0 Å². The average molecular weight is 568 g/mol. The Morgan fingerprint density at radius 1 is 1.22 bits per heavy atom. The highest BCUT2D eigenvalue weighted by Crippen LogP contribution is 2.31. The van der Waals surface area contributed by atoms with Gasteiger partial charge >= 0.3 is 5.97 Å². The summed E-state index contributed by atoms with van der Waals surface area (Å²) < 4.78 is 5.40. The van der Waals surface area contributed by atoms with Gasteiger partial charge in [0.25, 0.3) is 0 Å². The maximum Gasteiger partial charge on any atom is 0.329 e.